The summed E-state index contributed by atoms with van der Waals surface area (Å²) in [6, 6.07) is 9.88. The van der Waals surface area contributed by atoms with E-state index in [1.807, 2.05) is 13.0 Å². The summed E-state index contributed by atoms with van der Waals surface area (Å²) in [5.74, 6) is -0.0426. The fraction of sp³-hybridized carbons (Fsp3) is 0.188. The van der Waals surface area contributed by atoms with Gasteiger partial charge < -0.3 is 4.74 Å². The van der Waals surface area contributed by atoms with Crippen LogP contribution >= 0.6 is 11.6 Å². The molecule has 0 fully saturated rings. The maximum Gasteiger partial charge on any atom is 0.163 e. The number of Topliss-reactive ketones (excluding diaryl/α,β-unsaturated/α-hetero) is 1. The molecule has 4 heteroatoms. The van der Waals surface area contributed by atoms with Crippen LogP contribution in [0.4, 0.5) is 4.39 Å². The molecule has 0 unspecified atom stereocenters. The standard InChI is InChI=1S/C16H14ClFO2/c1-10-3-5-13(11(2)19)16(7-10)20-9-12-4-6-14(17)15(18)8-12/h3-8H,9H2,1-2H3. The molecule has 0 spiro atoms. The average molecular weight is 293 g/mol. The second-order valence-corrected chi connectivity index (χ2v) is 5.00. The van der Waals surface area contributed by atoms with Crippen molar-refractivity contribution in [1.29, 1.82) is 0 Å². The Kier molecular flexibility index (Phi) is 4.40. The summed E-state index contributed by atoms with van der Waals surface area (Å²) in [4.78, 5) is 11.5. The van der Waals surface area contributed by atoms with Gasteiger partial charge in [0.15, 0.2) is 5.78 Å². The molecule has 0 heterocycles. The van der Waals surface area contributed by atoms with Gasteiger partial charge in [-0.25, -0.2) is 4.39 Å². The Morgan fingerprint density at radius 1 is 1.25 bits per heavy atom. The van der Waals surface area contributed by atoms with Gasteiger partial charge in [-0.05, 0) is 49.2 Å². The van der Waals surface area contributed by atoms with Crippen molar-refractivity contribution in [3.05, 3.63) is 63.9 Å². The van der Waals surface area contributed by atoms with E-state index in [9.17, 15) is 9.18 Å². The zero-order valence-corrected chi connectivity index (χ0v) is 12.0. The van der Waals surface area contributed by atoms with E-state index >= 15 is 0 Å². The van der Waals surface area contributed by atoms with Crippen molar-refractivity contribution in [2.24, 2.45) is 0 Å². The van der Waals surface area contributed by atoms with Crippen molar-refractivity contribution in [3.8, 4) is 5.75 Å². The number of aryl methyl sites for hydroxylation is 1. The van der Waals surface area contributed by atoms with Gasteiger partial charge in [-0.3, -0.25) is 4.79 Å². The van der Waals surface area contributed by atoms with Gasteiger partial charge in [0.25, 0.3) is 0 Å². The highest BCUT2D eigenvalue weighted by atomic mass is 35.5. The van der Waals surface area contributed by atoms with E-state index in [0.29, 0.717) is 16.9 Å². The van der Waals surface area contributed by atoms with Gasteiger partial charge in [-0.2, -0.15) is 0 Å². The monoisotopic (exact) mass is 292 g/mol. The molecule has 0 bridgehead atoms. The van der Waals surface area contributed by atoms with Gasteiger partial charge in [-0.15, -0.1) is 0 Å². The molecule has 0 amide bonds. The fourth-order valence-corrected chi connectivity index (χ4v) is 1.95. The molecule has 2 rings (SSSR count). The quantitative estimate of drug-likeness (QED) is 0.772. The summed E-state index contributed by atoms with van der Waals surface area (Å²) in [6.45, 7) is 3.58. The highest BCUT2D eigenvalue weighted by Crippen LogP contribution is 2.23. The highest BCUT2D eigenvalue weighted by molar-refractivity contribution is 6.30. The Hall–Kier alpha value is -1.87. The third kappa shape index (κ3) is 3.36. The maximum atomic E-state index is 13.3. The number of ether oxygens (including phenoxy) is 1. The molecule has 0 saturated heterocycles. The van der Waals surface area contributed by atoms with Crippen LogP contribution in [0.3, 0.4) is 0 Å². The van der Waals surface area contributed by atoms with E-state index in [2.05, 4.69) is 0 Å². The first-order chi connectivity index (χ1) is 9.47. The molecule has 0 N–H and O–H groups in total. The van der Waals surface area contributed by atoms with Crippen molar-refractivity contribution >= 4 is 17.4 Å². The van der Waals surface area contributed by atoms with Crippen molar-refractivity contribution in [3.63, 3.8) is 0 Å². The molecule has 0 aliphatic carbocycles. The molecule has 0 atom stereocenters. The van der Waals surface area contributed by atoms with Crippen LogP contribution < -0.4 is 4.74 Å². The first-order valence-corrected chi connectivity index (χ1v) is 6.53. The predicted octanol–water partition coefficient (Wildman–Crippen LogP) is 4.57. The van der Waals surface area contributed by atoms with Gasteiger partial charge in [0, 0.05) is 0 Å². The number of hydrogen-bond donors (Lipinski definition) is 0. The van der Waals surface area contributed by atoms with Crippen LogP contribution in [-0.4, -0.2) is 5.78 Å². The second kappa shape index (κ2) is 6.06. The van der Waals surface area contributed by atoms with E-state index in [0.717, 1.165) is 5.56 Å². The molecule has 0 aromatic heterocycles. The number of rotatable bonds is 4. The Bertz CT molecular complexity index is 653. The number of ketones is 1. The zero-order chi connectivity index (χ0) is 14.7. The van der Waals surface area contributed by atoms with Crippen molar-refractivity contribution in [1.82, 2.24) is 0 Å². The molecule has 0 saturated carbocycles. The van der Waals surface area contributed by atoms with Gasteiger partial charge in [0.05, 0.1) is 10.6 Å². The normalized spacial score (nSPS) is 10.4. The lowest BCUT2D eigenvalue weighted by Gasteiger charge is -2.11. The second-order valence-electron chi connectivity index (χ2n) is 4.59. The summed E-state index contributed by atoms with van der Waals surface area (Å²) in [5, 5.41) is 0.0775. The van der Waals surface area contributed by atoms with E-state index < -0.39 is 5.82 Å². The molecule has 20 heavy (non-hydrogen) atoms. The lowest BCUT2D eigenvalue weighted by molar-refractivity contribution is 0.101. The predicted molar refractivity (Wildman–Crippen MR) is 76.9 cm³/mol. The molecule has 104 valence electrons. The van der Waals surface area contributed by atoms with Crippen LogP contribution in [0.1, 0.15) is 28.4 Å². The first kappa shape index (κ1) is 14.5. The summed E-state index contributed by atoms with van der Waals surface area (Å²) >= 11 is 5.62. The van der Waals surface area contributed by atoms with Crippen molar-refractivity contribution in [2.75, 3.05) is 0 Å². The minimum atomic E-state index is -0.483. The fourth-order valence-electron chi connectivity index (χ4n) is 1.83. The topological polar surface area (TPSA) is 26.3 Å². The summed E-state index contributed by atoms with van der Waals surface area (Å²) in [7, 11) is 0. The molecular formula is C16H14ClFO2. The zero-order valence-electron chi connectivity index (χ0n) is 11.2. The van der Waals surface area contributed by atoms with Crippen LogP contribution in [0, 0.1) is 12.7 Å². The largest absolute Gasteiger partial charge is 0.488 e. The Morgan fingerprint density at radius 2 is 2.00 bits per heavy atom. The van der Waals surface area contributed by atoms with Crippen LogP contribution in [-0.2, 0) is 6.61 Å². The Balaban J connectivity index is 2.20. The van der Waals surface area contributed by atoms with Gasteiger partial charge in [0.1, 0.15) is 18.2 Å². The number of benzene rings is 2. The minimum absolute atomic E-state index is 0.0673. The maximum absolute atomic E-state index is 13.3. The van der Waals surface area contributed by atoms with Crippen LogP contribution in [0.2, 0.25) is 5.02 Å². The lowest BCUT2D eigenvalue weighted by Crippen LogP contribution is -2.02. The number of halogens is 2. The lowest BCUT2D eigenvalue weighted by atomic mass is 10.1. The molecule has 2 nitrogen and oxygen atoms in total. The Labute approximate surface area is 122 Å². The van der Waals surface area contributed by atoms with Gasteiger partial charge in [0.2, 0.25) is 0 Å². The molecular weight excluding hydrogens is 279 g/mol. The minimum Gasteiger partial charge on any atom is -0.488 e. The third-order valence-electron chi connectivity index (χ3n) is 2.89. The number of hydrogen-bond acceptors (Lipinski definition) is 2. The SMILES string of the molecule is CC(=O)c1ccc(C)cc1OCc1ccc(Cl)c(F)c1. The molecule has 2 aromatic rings. The summed E-state index contributed by atoms with van der Waals surface area (Å²) in [6.07, 6.45) is 0. The smallest absolute Gasteiger partial charge is 0.163 e. The first-order valence-electron chi connectivity index (χ1n) is 6.15. The van der Waals surface area contributed by atoms with Crippen LogP contribution in [0.25, 0.3) is 0 Å². The van der Waals surface area contributed by atoms with E-state index in [1.165, 1.54) is 19.1 Å². The molecule has 2 aromatic carbocycles. The van der Waals surface area contributed by atoms with E-state index in [-0.39, 0.29) is 17.4 Å². The summed E-state index contributed by atoms with van der Waals surface area (Å²) in [5.41, 5.74) is 2.17. The average Bonchev–Trinajstić information content (AvgIpc) is 2.40. The van der Waals surface area contributed by atoms with Crippen molar-refractivity contribution in [2.45, 2.75) is 20.5 Å². The summed E-state index contributed by atoms with van der Waals surface area (Å²) < 4.78 is 19.0. The molecule has 0 aliphatic heterocycles. The van der Waals surface area contributed by atoms with Crippen molar-refractivity contribution < 1.29 is 13.9 Å². The molecule has 0 aliphatic rings. The highest BCUT2D eigenvalue weighted by Gasteiger charge is 2.09. The molecule has 0 radical (unpaired) electrons. The van der Waals surface area contributed by atoms with Crippen LogP contribution in [0.15, 0.2) is 36.4 Å². The van der Waals surface area contributed by atoms with Crippen LogP contribution in [0.5, 0.6) is 5.75 Å². The third-order valence-corrected chi connectivity index (χ3v) is 3.20. The number of carbonyl (C=O) groups is 1. The van der Waals surface area contributed by atoms with Gasteiger partial charge in [-0.1, -0.05) is 23.7 Å². The van der Waals surface area contributed by atoms with E-state index in [4.69, 9.17) is 16.3 Å². The number of carbonyl (C=O) groups excluding carboxylic acids is 1. The Morgan fingerprint density at radius 3 is 2.65 bits per heavy atom. The van der Waals surface area contributed by atoms with E-state index in [1.54, 1.807) is 18.2 Å². The van der Waals surface area contributed by atoms with Gasteiger partial charge >= 0.3 is 0 Å².